The highest BCUT2D eigenvalue weighted by molar-refractivity contribution is 7.89. The summed E-state index contributed by atoms with van der Waals surface area (Å²) in [5.74, 6) is 0.382. The number of nitrogens with one attached hydrogen (secondary N) is 1. The van der Waals surface area contributed by atoms with E-state index in [1.165, 1.54) is 12.8 Å². The molecule has 1 N–H and O–H groups in total. The van der Waals surface area contributed by atoms with Crippen LogP contribution in [0, 0.1) is 16.7 Å². The summed E-state index contributed by atoms with van der Waals surface area (Å²) in [4.78, 5) is 0.245. The molecule has 0 radical (unpaired) electrons. The van der Waals surface area contributed by atoms with Crippen LogP contribution in [0.5, 0.6) is 0 Å². The van der Waals surface area contributed by atoms with Gasteiger partial charge in [0.25, 0.3) is 0 Å². The van der Waals surface area contributed by atoms with Crippen LogP contribution in [-0.2, 0) is 20.0 Å². The normalized spacial score (nSPS) is 31.8. The molecule has 4 fully saturated rings. The van der Waals surface area contributed by atoms with Crippen LogP contribution < -0.4 is 4.72 Å². The van der Waals surface area contributed by atoms with Crippen molar-refractivity contribution in [2.45, 2.75) is 120 Å². The minimum atomic E-state index is -3.73. The maximum absolute atomic E-state index is 14.5. The Hall–Kier alpha value is -0.960. The van der Waals surface area contributed by atoms with Gasteiger partial charge < -0.3 is 0 Å². The lowest BCUT2D eigenvalue weighted by atomic mass is 9.69. The minimum absolute atomic E-state index is 0.0540. The third-order valence-electron chi connectivity index (χ3n) is 10.4. The van der Waals surface area contributed by atoms with E-state index >= 15 is 0 Å². The highest BCUT2D eigenvalue weighted by Gasteiger charge is 2.66. The van der Waals surface area contributed by atoms with Crippen molar-refractivity contribution in [1.29, 1.82) is 0 Å². The van der Waals surface area contributed by atoms with E-state index in [2.05, 4.69) is 18.6 Å². The molecule has 0 aliphatic heterocycles. The van der Waals surface area contributed by atoms with Gasteiger partial charge in [-0.1, -0.05) is 70.6 Å². The number of hydrogen-bond acceptors (Lipinski definition) is 4. The second-order valence-electron chi connectivity index (χ2n) is 12.5. The number of nitrogens with zero attached hydrogens (tertiary/aromatic N) is 1. The van der Waals surface area contributed by atoms with Gasteiger partial charge in [-0.25, -0.2) is 21.6 Å². The summed E-state index contributed by atoms with van der Waals surface area (Å²) < 4.78 is 60.6. The lowest BCUT2D eigenvalue weighted by Gasteiger charge is -2.46. The molecule has 4 aliphatic carbocycles. The Labute approximate surface area is 218 Å². The molecule has 8 heteroatoms. The molecule has 5 rings (SSSR count). The van der Waals surface area contributed by atoms with Crippen molar-refractivity contribution >= 4 is 20.0 Å². The second-order valence-corrected chi connectivity index (χ2v) is 16.1. The summed E-state index contributed by atoms with van der Waals surface area (Å²) in [5, 5.41) is 0. The third kappa shape index (κ3) is 4.69. The monoisotopic (exact) mass is 536 g/mol. The van der Waals surface area contributed by atoms with E-state index in [0.717, 1.165) is 64.2 Å². The maximum atomic E-state index is 14.5. The largest absolute Gasteiger partial charge is 0.240 e. The molecule has 0 heterocycles. The van der Waals surface area contributed by atoms with Crippen molar-refractivity contribution in [2.75, 3.05) is 5.75 Å². The topological polar surface area (TPSA) is 83.6 Å². The average Bonchev–Trinajstić information content (AvgIpc) is 3.20. The fourth-order valence-electron chi connectivity index (χ4n) is 8.27. The quantitative estimate of drug-likeness (QED) is 0.478. The highest BCUT2D eigenvalue weighted by atomic mass is 32.2. The van der Waals surface area contributed by atoms with Crippen molar-refractivity contribution in [3.63, 3.8) is 0 Å². The Bertz CT molecular complexity index is 1110. The van der Waals surface area contributed by atoms with E-state index in [1.807, 2.05) is 4.31 Å². The van der Waals surface area contributed by atoms with Crippen molar-refractivity contribution in [2.24, 2.45) is 16.7 Å². The van der Waals surface area contributed by atoms with Crippen LogP contribution in [0.4, 0.5) is 0 Å². The van der Waals surface area contributed by atoms with Crippen molar-refractivity contribution in [3.8, 4) is 0 Å². The van der Waals surface area contributed by atoms with E-state index in [1.54, 1.807) is 30.3 Å². The minimum Gasteiger partial charge on any atom is -0.212 e. The fourth-order valence-corrected chi connectivity index (χ4v) is 12.5. The molecule has 202 valence electrons. The predicted octanol–water partition coefficient (Wildman–Crippen LogP) is 5.46. The Kier molecular flexibility index (Phi) is 7.38. The lowest BCUT2D eigenvalue weighted by Crippen LogP contribution is -2.57. The summed E-state index contributed by atoms with van der Waals surface area (Å²) >= 11 is 0. The predicted molar refractivity (Wildman–Crippen MR) is 143 cm³/mol. The summed E-state index contributed by atoms with van der Waals surface area (Å²) in [6.45, 7) is 4.37. The van der Waals surface area contributed by atoms with E-state index in [-0.39, 0.29) is 34.2 Å². The molecule has 0 amide bonds. The number of rotatable bonds is 8. The van der Waals surface area contributed by atoms with Gasteiger partial charge in [-0.15, -0.1) is 0 Å². The first-order valence-corrected chi connectivity index (χ1v) is 17.2. The summed E-state index contributed by atoms with van der Waals surface area (Å²) in [6, 6.07) is 8.31. The van der Waals surface area contributed by atoms with Crippen LogP contribution in [0.2, 0.25) is 0 Å². The van der Waals surface area contributed by atoms with Gasteiger partial charge in [0.1, 0.15) is 0 Å². The van der Waals surface area contributed by atoms with Gasteiger partial charge in [-0.3, -0.25) is 0 Å². The molecule has 4 aliphatic rings. The number of fused-ring (bicyclic) bond motifs is 2. The smallest absolute Gasteiger partial charge is 0.212 e. The van der Waals surface area contributed by atoms with Crippen LogP contribution in [-0.4, -0.2) is 45.0 Å². The zero-order chi connectivity index (χ0) is 25.6. The molecule has 2 bridgehead atoms. The van der Waals surface area contributed by atoms with Crippen LogP contribution in [0.15, 0.2) is 35.2 Å². The van der Waals surface area contributed by atoms with Crippen LogP contribution in [0.3, 0.4) is 0 Å². The first-order valence-electron chi connectivity index (χ1n) is 14.2. The Balaban J connectivity index is 1.47. The van der Waals surface area contributed by atoms with Crippen LogP contribution in [0.25, 0.3) is 0 Å². The molecule has 1 aromatic rings. The van der Waals surface area contributed by atoms with E-state index in [4.69, 9.17) is 0 Å². The molecule has 1 aromatic carbocycles. The molecule has 3 atom stereocenters. The van der Waals surface area contributed by atoms with Gasteiger partial charge in [0.05, 0.1) is 10.6 Å². The van der Waals surface area contributed by atoms with Crippen molar-refractivity contribution in [3.05, 3.63) is 30.3 Å². The van der Waals surface area contributed by atoms with E-state index in [0.29, 0.717) is 12.3 Å². The van der Waals surface area contributed by atoms with Crippen LogP contribution >= 0.6 is 0 Å². The molecule has 36 heavy (non-hydrogen) atoms. The standard InChI is InChI=1S/C28H44N2O4S2/c1-27(2)22-18-19-28(27,26(20-22)29-36(33,34)25-16-10-5-11-17-25)21-35(31,32)30(23-12-6-3-7-13-23)24-14-8-4-9-15-24/h5,10-11,16-17,22-24,26,29H,3-4,6-9,12-15,18-21H2,1-2H3/t22-,26-,28-/m1/s1. The van der Waals surface area contributed by atoms with Gasteiger partial charge >= 0.3 is 0 Å². The first kappa shape index (κ1) is 26.6. The zero-order valence-corrected chi connectivity index (χ0v) is 23.6. The third-order valence-corrected chi connectivity index (χ3v) is 14.0. The Morgan fingerprint density at radius 1 is 0.833 bits per heavy atom. The van der Waals surface area contributed by atoms with Gasteiger partial charge in [0.15, 0.2) is 0 Å². The van der Waals surface area contributed by atoms with Gasteiger partial charge in [-0.05, 0) is 68.4 Å². The molecule has 6 nitrogen and oxygen atoms in total. The number of hydrogen-bond donors (Lipinski definition) is 1. The molecule has 0 spiro atoms. The first-order chi connectivity index (χ1) is 17.1. The Morgan fingerprint density at radius 2 is 1.39 bits per heavy atom. The maximum Gasteiger partial charge on any atom is 0.240 e. The molecule has 0 saturated heterocycles. The Morgan fingerprint density at radius 3 is 1.92 bits per heavy atom. The summed E-state index contributed by atoms with van der Waals surface area (Å²) in [6.07, 6.45) is 13.0. The van der Waals surface area contributed by atoms with Crippen LogP contribution in [0.1, 0.15) is 97.3 Å². The molecule has 4 saturated carbocycles. The molecular weight excluding hydrogens is 492 g/mol. The van der Waals surface area contributed by atoms with Gasteiger partial charge in [0, 0.05) is 23.5 Å². The number of sulfonamides is 2. The zero-order valence-electron chi connectivity index (χ0n) is 22.0. The highest BCUT2D eigenvalue weighted by Crippen LogP contribution is 2.66. The van der Waals surface area contributed by atoms with Crippen molar-refractivity contribution in [1.82, 2.24) is 9.03 Å². The number of benzene rings is 1. The second kappa shape index (κ2) is 9.97. The van der Waals surface area contributed by atoms with E-state index < -0.39 is 25.5 Å². The summed E-state index contributed by atoms with van der Waals surface area (Å²) in [7, 11) is -7.30. The SMILES string of the molecule is CC1(C)[C@@H]2CC[C@@]1(CS(=O)(=O)N(C1CCCCC1)C1CCCCC1)[C@H](NS(=O)(=O)c1ccccc1)C2. The summed E-state index contributed by atoms with van der Waals surface area (Å²) in [5.41, 5.74) is -0.839. The van der Waals surface area contributed by atoms with Gasteiger partial charge in [-0.2, -0.15) is 4.31 Å². The molecular formula is C28H44N2O4S2. The molecule has 0 aromatic heterocycles. The average molecular weight is 537 g/mol. The van der Waals surface area contributed by atoms with Crippen molar-refractivity contribution < 1.29 is 16.8 Å². The lowest BCUT2D eigenvalue weighted by molar-refractivity contribution is 0.124. The van der Waals surface area contributed by atoms with Gasteiger partial charge in [0.2, 0.25) is 20.0 Å². The van der Waals surface area contributed by atoms with E-state index in [9.17, 15) is 16.8 Å². The molecule has 0 unspecified atom stereocenters. The fraction of sp³-hybridized carbons (Fsp3) is 0.786.